The topological polar surface area (TPSA) is 49.0 Å². The summed E-state index contributed by atoms with van der Waals surface area (Å²) in [7, 11) is 1.56. The van der Waals surface area contributed by atoms with E-state index in [1.807, 2.05) is 0 Å². The Morgan fingerprint density at radius 3 is 2.60 bits per heavy atom. The van der Waals surface area contributed by atoms with Gasteiger partial charge in [0.1, 0.15) is 5.82 Å². The van der Waals surface area contributed by atoms with E-state index in [-0.39, 0.29) is 23.5 Å². The van der Waals surface area contributed by atoms with Crippen molar-refractivity contribution in [2.24, 2.45) is 0 Å². The number of aromatic nitrogens is 2. The van der Waals surface area contributed by atoms with Crippen LogP contribution in [-0.4, -0.2) is 27.8 Å². The molecule has 0 saturated heterocycles. The summed E-state index contributed by atoms with van der Waals surface area (Å²) in [6.45, 7) is 3.11. The molecule has 20 heavy (non-hydrogen) atoms. The highest BCUT2D eigenvalue weighted by Crippen LogP contribution is 2.34. The number of nitrogens with one attached hydrogen (secondary N) is 1. The molecule has 0 saturated carbocycles. The third kappa shape index (κ3) is 2.76. The Morgan fingerprint density at radius 2 is 2.05 bits per heavy atom. The van der Waals surface area contributed by atoms with E-state index in [0.717, 1.165) is 6.07 Å². The molecule has 0 aliphatic rings. The fourth-order valence-electron chi connectivity index (χ4n) is 1.94. The van der Waals surface area contributed by atoms with Crippen molar-refractivity contribution in [3.8, 4) is 0 Å². The van der Waals surface area contributed by atoms with Gasteiger partial charge in [0.05, 0.1) is 23.1 Å². The second-order valence-corrected chi connectivity index (χ2v) is 4.76. The predicted molar refractivity (Wildman–Crippen MR) is 68.0 cm³/mol. The number of benzene rings is 1. The number of aryl methyl sites for hydroxylation is 1. The molecule has 1 N–H and O–H groups in total. The molecule has 4 nitrogen and oxygen atoms in total. The lowest BCUT2D eigenvalue weighted by molar-refractivity contribution is -0.136. The van der Waals surface area contributed by atoms with Crippen LogP contribution in [0.25, 0.3) is 11.0 Å². The highest BCUT2D eigenvalue weighted by Gasteiger charge is 2.34. The third-order valence-electron chi connectivity index (χ3n) is 3.02. The number of hydrogen-bond donors (Lipinski definition) is 1. The first-order chi connectivity index (χ1) is 9.18. The van der Waals surface area contributed by atoms with E-state index in [9.17, 15) is 18.0 Å². The summed E-state index contributed by atoms with van der Waals surface area (Å²) in [6.07, 6.45) is -4.44. The number of fused-ring (bicyclic) bond motifs is 1. The Kier molecular flexibility index (Phi) is 3.45. The first-order valence-electron chi connectivity index (χ1n) is 5.96. The second kappa shape index (κ2) is 4.81. The van der Waals surface area contributed by atoms with Gasteiger partial charge in [-0.3, -0.25) is 4.79 Å². The fraction of sp³-hybridized carbons (Fsp3) is 0.385. The molecule has 0 unspecified atom stereocenters. The van der Waals surface area contributed by atoms with Crippen LogP contribution in [0.5, 0.6) is 0 Å². The van der Waals surface area contributed by atoms with Crippen LogP contribution in [0, 0.1) is 6.92 Å². The van der Waals surface area contributed by atoms with Crippen LogP contribution < -0.4 is 0 Å². The Labute approximate surface area is 113 Å². The molecule has 0 aliphatic heterocycles. The standard InChI is InChI=1S/C13H14F3N3O/c1-7-4-9(13(14,15)16)12-10(5-7)17-11(18-12)6-19(3)8(2)20/h4-5H,6H2,1-3H3,(H,17,18). The van der Waals surface area contributed by atoms with E-state index in [1.165, 1.54) is 11.8 Å². The maximum absolute atomic E-state index is 13.0. The Morgan fingerprint density at radius 1 is 1.40 bits per heavy atom. The number of imidazole rings is 1. The van der Waals surface area contributed by atoms with Gasteiger partial charge in [-0.05, 0) is 24.6 Å². The Balaban J connectivity index is 2.51. The molecular weight excluding hydrogens is 271 g/mol. The molecule has 7 heteroatoms. The van der Waals surface area contributed by atoms with Crippen molar-refractivity contribution in [2.45, 2.75) is 26.6 Å². The predicted octanol–water partition coefficient (Wildman–Crippen LogP) is 2.87. The molecule has 1 aromatic carbocycles. The van der Waals surface area contributed by atoms with Gasteiger partial charge in [0.25, 0.3) is 0 Å². The smallest absolute Gasteiger partial charge is 0.340 e. The lowest BCUT2D eigenvalue weighted by Crippen LogP contribution is -2.23. The van der Waals surface area contributed by atoms with E-state index < -0.39 is 11.7 Å². The van der Waals surface area contributed by atoms with E-state index in [2.05, 4.69) is 9.97 Å². The van der Waals surface area contributed by atoms with Gasteiger partial charge in [-0.25, -0.2) is 4.98 Å². The van der Waals surface area contributed by atoms with Gasteiger partial charge in [-0.15, -0.1) is 0 Å². The number of carbonyl (C=O) groups excluding carboxylic acids is 1. The number of H-pyrrole nitrogens is 1. The van der Waals surface area contributed by atoms with Crippen molar-refractivity contribution in [1.29, 1.82) is 0 Å². The van der Waals surface area contributed by atoms with E-state index >= 15 is 0 Å². The molecule has 2 aromatic rings. The number of aromatic amines is 1. The average molecular weight is 285 g/mol. The number of rotatable bonds is 2. The second-order valence-electron chi connectivity index (χ2n) is 4.76. The van der Waals surface area contributed by atoms with Crippen molar-refractivity contribution in [3.05, 3.63) is 29.1 Å². The average Bonchev–Trinajstić information content (AvgIpc) is 2.68. The number of amides is 1. The van der Waals surface area contributed by atoms with E-state index in [1.54, 1.807) is 20.0 Å². The number of carbonyl (C=O) groups is 1. The normalized spacial score (nSPS) is 11.9. The maximum atomic E-state index is 13.0. The summed E-state index contributed by atoms with van der Waals surface area (Å²) in [6, 6.07) is 2.66. The lowest BCUT2D eigenvalue weighted by Gasteiger charge is -2.12. The molecule has 108 valence electrons. The Hall–Kier alpha value is -2.05. The van der Waals surface area contributed by atoms with Crippen LogP contribution in [0.15, 0.2) is 12.1 Å². The van der Waals surface area contributed by atoms with Gasteiger partial charge in [-0.2, -0.15) is 13.2 Å². The fourth-order valence-corrected chi connectivity index (χ4v) is 1.94. The van der Waals surface area contributed by atoms with Crippen LogP contribution >= 0.6 is 0 Å². The summed E-state index contributed by atoms with van der Waals surface area (Å²) in [5.74, 6) is 0.145. The summed E-state index contributed by atoms with van der Waals surface area (Å²) in [5.41, 5.74) is -0.0427. The minimum absolute atomic E-state index is 0.0462. The molecular formula is C13H14F3N3O. The van der Waals surface area contributed by atoms with Crippen LogP contribution in [-0.2, 0) is 17.5 Å². The minimum Gasteiger partial charge on any atom is -0.340 e. The Bertz CT molecular complexity index is 661. The first-order valence-corrected chi connectivity index (χ1v) is 5.96. The van der Waals surface area contributed by atoms with Gasteiger partial charge in [0.2, 0.25) is 5.91 Å². The van der Waals surface area contributed by atoms with Crippen molar-refractivity contribution in [2.75, 3.05) is 7.05 Å². The van der Waals surface area contributed by atoms with Crippen molar-refractivity contribution in [1.82, 2.24) is 14.9 Å². The summed E-state index contributed by atoms with van der Waals surface area (Å²) in [4.78, 5) is 19.3. The first kappa shape index (κ1) is 14.4. The quantitative estimate of drug-likeness (QED) is 0.922. The highest BCUT2D eigenvalue weighted by molar-refractivity contribution is 5.80. The van der Waals surface area contributed by atoms with E-state index in [4.69, 9.17) is 0 Å². The third-order valence-corrected chi connectivity index (χ3v) is 3.02. The molecule has 0 aliphatic carbocycles. The highest BCUT2D eigenvalue weighted by atomic mass is 19.4. The summed E-state index contributed by atoms with van der Waals surface area (Å²) < 4.78 is 39.0. The zero-order valence-corrected chi connectivity index (χ0v) is 11.3. The number of nitrogens with zero attached hydrogens (tertiary/aromatic N) is 2. The van der Waals surface area contributed by atoms with E-state index in [0.29, 0.717) is 11.4 Å². The molecule has 0 atom stereocenters. The molecule has 1 aromatic heterocycles. The molecule has 0 bridgehead atoms. The summed E-state index contributed by atoms with van der Waals surface area (Å²) in [5, 5.41) is 0. The molecule has 0 radical (unpaired) electrons. The van der Waals surface area contributed by atoms with Crippen LogP contribution in [0.4, 0.5) is 13.2 Å². The van der Waals surface area contributed by atoms with Gasteiger partial charge >= 0.3 is 6.18 Å². The van der Waals surface area contributed by atoms with Crippen LogP contribution in [0.3, 0.4) is 0 Å². The number of halogens is 3. The molecule has 0 spiro atoms. The molecule has 2 rings (SSSR count). The monoisotopic (exact) mass is 285 g/mol. The van der Waals surface area contributed by atoms with Crippen LogP contribution in [0.2, 0.25) is 0 Å². The molecule has 1 amide bonds. The number of hydrogen-bond acceptors (Lipinski definition) is 2. The zero-order chi connectivity index (χ0) is 15.1. The van der Waals surface area contributed by atoms with Gasteiger partial charge in [0.15, 0.2) is 0 Å². The van der Waals surface area contributed by atoms with Crippen molar-refractivity contribution in [3.63, 3.8) is 0 Å². The maximum Gasteiger partial charge on any atom is 0.418 e. The number of alkyl halides is 3. The van der Waals surface area contributed by atoms with Gasteiger partial charge in [0, 0.05) is 14.0 Å². The summed E-state index contributed by atoms with van der Waals surface area (Å²) >= 11 is 0. The van der Waals surface area contributed by atoms with Crippen LogP contribution in [0.1, 0.15) is 23.9 Å². The largest absolute Gasteiger partial charge is 0.418 e. The molecule has 0 fully saturated rings. The molecule has 1 heterocycles. The van der Waals surface area contributed by atoms with Gasteiger partial charge in [-0.1, -0.05) is 0 Å². The SMILES string of the molecule is CC(=O)N(C)Cc1nc2cc(C)cc(C(F)(F)F)c2[nH]1. The van der Waals surface area contributed by atoms with Crippen molar-refractivity contribution >= 4 is 16.9 Å². The minimum atomic E-state index is -4.44. The van der Waals surface area contributed by atoms with Gasteiger partial charge < -0.3 is 9.88 Å². The zero-order valence-electron chi connectivity index (χ0n) is 11.3. The van der Waals surface area contributed by atoms with Crippen molar-refractivity contribution < 1.29 is 18.0 Å². The lowest BCUT2D eigenvalue weighted by atomic mass is 10.1.